The first-order valence-electron chi connectivity index (χ1n) is 1.87. The molecule has 42 valence electrons. The summed E-state index contributed by atoms with van der Waals surface area (Å²) in [6.07, 6.45) is 1.56. The van der Waals surface area contributed by atoms with Gasteiger partial charge in [-0.1, -0.05) is 0 Å². The van der Waals surface area contributed by atoms with Gasteiger partial charge in [-0.15, -0.1) is 0 Å². The van der Waals surface area contributed by atoms with Crippen LogP contribution in [0.5, 0.6) is 0 Å². The molecule has 0 heterocycles. The third-order valence-electron chi connectivity index (χ3n) is 0.464. The van der Waals surface area contributed by atoms with Crippen LogP contribution in [0.1, 0.15) is 0 Å². The van der Waals surface area contributed by atoms with E-state index in [2.05, 4.69) is 0 Å². The lowest BCUT2D eigenvalue weighted by atomic mass is 10.5. The highest BCUT2D eigenvalue weighted by Crippen LogP contribution is 2.01. The minimum atomic E-state index is 0.0127. The van der Waals surface area contributed by atoms with Gasteiger partial charge in [-0.25, -0.2) is 0 Å². The van der Waals surface area contributed by atoms with Crippen molar-refractivity contribution in [3.05, 3.63) is 9.66 Å². The van der Waals surface area contributed by atoms with Crippen molar-refractivity contribution >= 4 is 22.6 Å². The molecule has 0 aromatic heterocycles. The van der Waals surface area contributed by atoms with E-state index in [0.29, 0.717) is 0 Å². The van der Waals surface area contributed by atoms with E-state index in [1.54, 1.807) is 6.08 Å². The number of rotatable bonds is 2. The predicted octanol–water partition coefficient (Wildman–Crippen LogP) is 0.290. The van der Waals surface area contributed by atoms with Gasteiger partial charge in [0, 0.05) is 3.58 Å². The fraction of sp³-hybridized carbons (Fsp3) is 0.500. The van der Waals surface area contributed by atoms with Crippen molar-refractivity contribution in [1.29, 1.82) is 0 Å². The first-order valence-corrected chi connectivity index (χ1v) is 2.95. The van der Waals surface area contributed by atoms with E-state index in [1.807, 2.05) is 22.6 Å². The van der Waals surface area contributed by atoms with E-state index < -0.39 is 0 Å². The van der Waals surface area contributed by atoms with Crippen molar-refractivity contribution in [2.45, 2.75) is 0 Å². The van der Waals surface area contributed by atoms with E-state index >= 15 is 0 Å². The lowest BCUT2D eigenvalue weighted by molar-refractivity contribution is 0.328. The Morgan fingerprint density at radius 3 is 2.29 bits per heavy atom. The lowest BCUT2D eigenvalue weighted by Gasteiger charge is -1.85. The number of halogens is 1. The van der Waals surface area contributed by atoms with Crippen LogP contribution in [0.3, 0.4) is 0 Å². The molecule has 0 aliphatic heterocycles. The average Bonchev–Trinajstić information content (AvgIpc) is 1.68. The fourth-order valence-corrected chi connectivity index (χ4v) is 0.361. The average molecular weight is 214 g/mol. The summed E-state index contributed by atoms with van der Waals surface area (Å²) in [6.45, 7) is 0.0416. The molecule has 0 aromatic rings. The second-order valence-corrected chi connectivity index (χ2v) is 2.38. The second kappa shape index (κ2) is 4.55. The maximum atomic E-state index is 8.28. The third kappa shape index (κ3) is 4.24. The topological polar surface area (TPSA) is 40.5 Å². The molecule has 0 unspecified atom stereocenters. The molecule has 2 N–H and O–H groups in total. The summed E-state index contributed by atoms with van der Waals surface area (Å²) < 4.78 is 0.778. The van der Waals surface area contributed by atoms with E-state index in [4.69, 9.17) is 10.2 Å². The van der Waals surface area contributed by atoms with Gasteiger partial charge in [-0.3, -0.25) is 0 Å². The van der Waals surface area contributed by atoms with Crippen LogP contribution >= 0.6 is 22.6 Å². The quantitative estimate of drug-likeness (QED) is 0.648. The Morgan fingerprint density at radius 1 is 1.57 bits per heavy atom. The van der Waals surface area contributed by atoms with Gasteiger partial charge in [-0.2, -0.15) is 0 Å². The highest BCUT2D eigenvalue weighted by Gasteiger charge is 1.81. The monoisotopic (exact) mass is 214 g/mol. The highest BCUT2D eigenvalue weighted by atomic mass is 127. The lowest BCUT2D eigenvalue weighted by Crippen LogP contribution is -1.81. The Labute approximate surface area is 56.0 Å². The van der Waals surface area contributed by atoms with Crippen LogP contribution in [-0.2, 0) is 0 Å². The predicted molar refractivity (Wildman–Crippen MR) is 36.3 cm³/mol. The molecule has 0 radical (unpaired) electrons. The van der Waals surface area contributed by atoms with Crippen molar-refractivity contribution in [2.75, 3.05) is 13.2 Å². The van der Waals surface area contributed by atoms with Gasteiger partial charge in [0.1, 0.15) is 0 Å². The van der Waals surface area contributed by atoms with Gasteiger partial charge in [0.15, 0.2) is 0 Å². The van der Waals surface area contributed by atoms with E-state index in [9.17, 15) is 0 Å². The zero-order chi connectivity index (χ0) is 5.70. The zero-order valence-electron chi connectivity index (χ0n) is 3.76. The summed E-state index contributed by atoms with van der Waals surface area (Å²) in [4.78, 5) is 0. The normalized spacial score (nSPS) is 12.1. The standard InChI is InChI=1S/C4H7IO2/c5-4(3-7)1-2-6/h1,6-7H,2-3H2. The Balaban J connectivity index is 3.29. The van der Waals surface area contributed by atoms with Gasteiger partial charge in [0.25, 0.3) is 0 Å². The van der Waals surface area contributed by atoms with Crippen LogP contribution in [0.2, 0.25) is 0 Å². The first-order chi connectivity index (χ1) is 3.31. The molecule has 3 heteroatoms. The van der Waals surface area contributed by atoms with Crippen LogP contribution in [0.15, 0.2) is 9.66 Å². The van der Waals surface area contributed by atoms with Crippen molar-refractivity contribution in [2.24, 2.45) is 0 Å². The smallest absolute Gasteiger partial charge is 0.0736 e. The Hall–Kier alpha value is 0.390. The highest BCUT2D eigenvalue weighted by molar-refractivity contribution is 14.1. The van der Waals surface area contributed by atoms with Crippen LogP contribution in [0.4, 0.5) is 0 Å². The van der Waals surface area contributed by atoms with Gasteiger partial charge < -0.3 is 10.2 Å². The minimum absolute atomic E-state index is 0.0127. The van der Waals surface area contributed by atoms with Crippen molar-refractivity contribution < 1.29 is 10.2 Å². The molecule has 0 saturated carbocycles. The molecule has 2 nitrogen and oxygen atoms in total. The van der Waals surface area contributed by atoms with Crippen molar-refractivity contribution in [3.8, 4) is 0 Å². The molecule has 0 amide bonds. The Kier molecular flexibility index (Phi) is 4.80. The van der Waals surface area contributed by atoms with Crippen LogP contribution in [-0.4, -0.2) is 23.4 Å². The Bertz CT molecular complexity index is 70.1. The number of aliphatic hydroxyl groups is 2. The largest absolute Gasteiger partial charge is 0.392 e. The molecular weight excluding hydrogens is 207 g/mol. The van der Waals surface area contributed by atoms with Crippen molar-refractivity contribution in [1.82, 2.24) is 0 Å². The molecule has 0 aromatic carbocycles. The summed E-state index contributed by atoms with van der Waals surface area (Å²) in [5.74, 6) is 0. The molecule has 0 rings (SSSR count). The maximum Gasteiger partial charge on any atom is 0.0736 e. The molecule has 0 bridgehead atoms. The summed E-state index contributed by atoms with van der Waals surface area (Å²) in [6, 6.07) is 0. The molecular formula is C4H7IO2. The van der Waals surface area contributed by atoms with E-state index in [-0.39, 0.29) is 13.2 Å². The zero-order valence-corrected chi connectivity index (χ0v) is 5.92. The summed E-state index contributed by atoms with van der Waals surface area (Å²) in [5.41, 5.74) is 0. The molecule has 0 spiro atoms. The van der Waals surface area contributed by atoms with E-state index in [1.165, 1.54) is 0 Å². The molecule has 0 aliphatic rings. The van der Waals surface area contributed by atoms with E-state index in [0.717, 1.165) is 3.58 Å². The molecule has 0 saturated heterocycles. The molecule has 0 aliphatic carbocycles. The molecule has 0 atom stereocenters. The summed E-state index contributed by atoms with van der Waals surface area (Å²) in [5, 5.41) is 16.5. The van der Waals surface area contributed by atoms with Gasteiger partial charge in [0.2, 0.25) is 0 Å². The van der Waals surface area contributed by atoms with Gasteiger partial charge >= 0.3 is 0 Å². The van der Waals surface area contributed by atoms with Crippen LogP contribution in [0, 0.1) is 0 Å². The minimum Gasteiger partial charge on any atom is -0.392 e. The fourth-order valence-electron chi connectivity index (χ4n) is 0.164. The SMILES string of the molecule is OCC=C(I)CO. The second-order valence-electron chi connectivity index (χ2n) is 0.992. The Morgan fingerprint density at radius 2 is 2.14 bits per heavy atom. The molecule has 0 fully saturated rings. The first kappa shape index (κ1) is 7.39. The van der Waals surface area contributed by atoms with Gasteiger partial charge in [0.05, 0.1) is 13.2 Å². The molecule has 7 heavy (non-hydrogen) atoms. The third-order valence-corrected chi connectivity index (χ3v) is 1.25. The summed E-state index contributed by atoms with van der Waals surface area (Å²) >= 11 is 1.96. The summed E-state index contributed by atoms with van der Waals surface area (Å²) in [7, 11) is 0. The van der Waals surface area contributed by atoms with Gasteiger partial charge in [-0.05, 0) is 28.7 Å². The van der Waals surface area contributed by atoms with Crippen LogP contribution < -0.4 is 0 Å². The van der Waals surface area contributed by atoms with Crippen molar-refractivity contribution in [3.63, 3.8) is 0 Å². The number of aliphatic hydroxyl groups excluding tert-OH is 2. The number of hydrogen-bond donors (Lipinski definition) is 2. The van der Waals surface area contributed by atoms with Crippen LogP contribution in [0.25, 0.3) is 0 Å². The maximum absolute atomic E-state index is 8.28. The number of hydrogen-bond acceptors (Lipinski definition) is 2.